The summed E-state index contributed by atoms with van der Waals surface area (Å²) in [5.74, 6) is 1.66. The lowest BCUT2D eigenvalue weighted by atomic mass is 10.2. The second kappa shape index (κ2) is 5.60. The van der Waals surface area contributed by atoms with E-state index >= 15 is 0 Å². The topological polar surface area (TPSA) is 55.0 Å². The number of aryl methyl sites for hydroxylation is 1. The van der Waals surface area contributed by atoms with Gasteiger partial charge in [-0.05, 0) is 26.0 Å². The number of anilines is 2. The second-order valence-electron chi connectivity index (χ2n) is 4.05. The Morgan fingerprint density at radius 1 is 1.22 bits per heavy atom. The lowest BCUT2D eigenvalue weighted by Gasteiger charge is -2.24. The molecular formula is C14H18N4. The van der Waals surface area contributed by atoms with E-state index in [0.717, 1.165) is 29.4 Å². The van der Waals surface area contributed by atoms with Crippen LogP contribution in [0.5, 0.6) is 0 Å². The SMILES string of the molecule is CCN(c1ccccc1)c1nc(C)ncc1CN. The monoisotopic (exact) mass is 242 g/mol. The molecule has 94 valence electrons. The predicted octanol–water partition coefficient (Wildman–Crippen LogP) is 2.40. The first-order valence-corrected chi connectivity index (χ1v) is 6.11. The first-order valence-electron chi connectivity index (χ1n) is 6.11. The summed E-state index contributed by atoms with van der Waals surface area (Å²) in [6.07, 6.45) is 1.81. The Labute approximate surface area is 107 Å². The van der Waals surface area contributed by atoms with Crippen molar-refractivity contribution in [2.45, 2.75) is 20.4 Å². The fraction of sp³-hybridized carbons (Fsp3) is 0.286. The lowest BCUT2D eigenvalue weighted by molar-refractivity contribution is 0.905. The maximum absolute atomic E-state index is 5.76. The molecule has 2 rings (SSSR count). The first-order chi connectivity index (χ1) is 8.76. The molecule has 4 heteroatoms. The summed E-state index contributed by atoms with van der Waals surface area (Å²) in [7, 11) is 0. The molecule has 0 fully saturated rings. The van der Waals surface area contributed by atoms with E-state index in [4.69, 9.17) is 5.73 Å². The van der Waals surface area contributed by atoms with Crippen molar-refractivity contribution >= 4 is 11.5 Å². The zero-order valence-corrected chi connectivity index (χ0v) is 10.8. The smallest absolute Gasteiger partial charge is 0.141 e. The van der Waals surface area contributed by atoms with Crippen molar-refractivity contribution in [3.05, 3.63) is 47.9 Å². The molecule has 0 aliphatic carbocycles. The Bertz CT molecular complexity index is 510. The highest BCUT2D eigenvalue weighted by atomic mass is 15.2. The molecule has 0 atom stereocenters. The minimum absolute atomic E-state index is 0.443. The normalized spacial score (nSPS) is 10.4. The van der Waals surface area contributed by atoms with E-state index < -0.39 is 0 Å². The van der Waals surface area contributed by atoms with E-state index in [1.54, 1.807) is 0 Å². The minimum Gasteiger partial charge on any atom is -0.326 e. The molecule has 4 nitrogen and oxygen atoms in total. The Kier molecular flexibility index (Phi) is 3.89. The number of nitrogens with zero attached hydrogens (tertiary/aromatic N) is 3. The fourth-order valence-electron chi connectivity index (χ4n) is 1.92. The number of para-hydroxylation sites is 1. The summed E-state index contributed by atoms with van der Waals surface area (Å²) in [5, 5.41) is 0. The number of hydrogen-bond donors (Lipinski definition) is 1. The Morgan fingerprint density at radius 3 is 2.56 bits per heavy atom. The molecule has 0 saturated carbocycles. The van der Waals surface area contributed by atoms with Crippen LogP contribution >= 0.6 is 0 Å². The van der Waals surface area contributed by atoms with Crippen LogP contribution < -0.4 is 10.6 Å². The molecule has 0 amide bonds. The number of rotatable bonds is 4. The average molecular weight is 242 g/mol. The van der Waals surface area contributed by atoms with Gasteiger partial charge in [-0.2, -0.15) is 0 Å². The molecule has 0 aliphatic rings. The van der Waals surface area contributed by atoms with E-state index in [-0.39, 0.29) is 0 Å². The third-order valence-electron chi connectivity index (χ3n) is 2.82. The Hall–Kier alpha value is -1.94. The standard InChI is InChI=1S/C14H18N4/c1-3-18(13-7-5-4-6-8-13)14-12(9-15)10-16-11(2)17-14/h4-8,10H,3,9,15H2,1-2H3. The van der Waals surface area contributed by atoms with Crippen molar-refractivity contribution in [3.8, 4) is 0 Å². The number of aromatic nitrogens is 2. The van der Waals surface area contributed by atoms with Crippen LogP contribution in [0.1, 0.15) is 18.3 Å². The minimum atomic E-state index is 0.443. The van der Waals surface area contributed by atoms with E-state index in [9.17, 15) is 0 Å². The van der Waals surface area contributed by atoms with Gasteiger partial charge in [-0.25, -0.2) is 9.97 Å². The van der Waals surface area contributed by atoms with Gasteiger partial charge >= 0.3 is 0 Å². The van der Waals surface area contributed by atoms with Gasteiger partial charge in [-0.1, -0.05) is 18.2 Å². The van der Waals surface area contributed by atoms with Crippen LogP contribution in [0, 0.1) is 6.92 Å². The third-order valence-corrected chi connectivity index (χ3v) is 2.82. The van der Waals surface area contributed by atoms with Crippen LogP contribution in [0.3, 0.4) is 0 Å². The fourth-order valence-corrected chi connectivity index (χ4v) is 1.92. The van der Waals surface area contributed by atoms with Gasteiger partial charge in [-0.15, -0.1) is 0 Å². The molecule has 0 unspecified atom stereocenters. The van der Waals surface area contributed by atoms with Gasteiger partial charge < -0.3 is 10.6 Å². The highest BCUT2D eigenvalue weighted by Gasteiger charge is 2.13. The molecule has 1 heterocycles. The summed E-state index contributed by atoms with van der Waals surface area (Å²) in [4.78, 5) is 10.9. The third kappa shape index (κ3) is 2.49. The highest BCUT2D eigenvalue weighted by molar-refractivity contribution is 5.62. The number of hydrogen-bond acceptors (Lipinski definition) is 4. The van der Waals surface area contributed by atoms with Crippen molar-refractivity contribution in [1.29, 1.82) is 0 Å². The zero-order valence-electron chi connectivity index (χ0n) is 10.8. The first kappa shape index (κ1) is 12.5. The van der Waals surface area contributed by atoms with Crippen LogP contribution in [0.2, 0.25) is 0 Å². The van der Waals surface area contributed by atoms with Crippen molar-refractivity contribution in [3.63, 3.8) is 0 Å². The van der Waals surface area contributed by atoms with Gasteiger partial charge in [0.25, 0.3) is 0 Å². The van der Waals surface area contributed by atoms with Crippen LogP contribution in [0.25, 0.3) is 0 Å². The van der Waals surface area contributed by atoms with Gasteiger partial charge in [0.15, 0.2) is 0 Å². The van der Waals surface area contributed by atoms with Crippen molar-refractivity contribution in [2.24, 2.45) is 5.73 Å². The van der Waals surface area contributed by atoms with Gasteiger partial charge in [0.05, 0.1) is 0 Å². The van der Waals surface area contributed by atoms with E-state index in [0.29, 0.717) is 6.54 Å². The summed E-state index contributed by atoms with van der Waals surface area (Å²) in [5.41, 5.74) is 7.85. The van der Waals surface area contributed by atoms with E-state index in [1.165, 1.54) is 0 Å². The van der Waals surface area contributed by atoms with Gasteiger partial charge in [0.2, 0.25) is 0 Å². The van der Waals surface area contributed by atoms with Crippen LogP contribution in [-0.2, 0) is 6.54 Å². The summed E-state index contributed by atoms with van der Waals surface area (Å²) < 4.78 is 0. The molecule has 0 radical (unpaired) electrons. The van der Waals surface area contributed by atoms with Crippen LogP contribution in [0.15, 0.2) is 36.5 Å². The maximum Gasteiger partial charge on any atom is 0.141 e. The largest absolute Gasteiger partial charge is 0.326 e. The van der Waals surface area contributed by atoms with E-state index in [1.807, 2.05) is 31.3 Å². The summed E-state index contributed by atoms with van der Waals surface area (Å²) in [6, 6.07) is 10.2. The van der Waals surface area contributed by atoms with Gasteiger partial charge in [-0.3, -0.25) is 0 Å². The molecule has 1 aromatic heterocycles. The Morgan fingerprint density at radius 2 is 1.94 bits per heavy atom. The maximum atomic E-state index is 5.76. The van der Waals surface area contributed by atoms with Gasteiger partial charge in [0, 0.05) is 30.5 Å². The molecule has 0 saturated heterocycles. The molecule has 0 spiro atoms. The molecule has 18 heavy (non-hydrogen) atoms. The van der Waals surface area contributed by atoms with Gasteiger partial charge in [0.1, 0.15) is 11.6 Å². The van der Waals surface area contributed by atoms with Crippen LogP contribution in [0.4, 0.5) is 11.5 Å². The second-order valence-corrected chi connectivity index (χ2v) is 4.05. The molecule has 0 aliphatic heterocycles. The number of benzene rings is 1. The molecule has 2 aromatic rings. The van der Waals surface area contributed by atoms with E-state index in [2.05, 4.69) is 33.9 Å². The molecular weight excluding hydrogens is 224 g/mol. The van der Waals surface area contributed by atoms with Crippen molar-refractivity contribution in [1.82, 2.24) is 9.97 Å². The quantitative estimate of drug-likeness (QED) is 0.894. The summed E-state index contributed by atoms with van der Waals surface area (Å²) in [6.45, 7) is 5.28. The highest BCUT2D eigenvalue weighted by Crippen LogP contribution is 2.25. The Balaban J connectivity index is 2.48. The van der Waals surface area contributed by atoms with Crippen LogP contribution in [-0.4, -0.2) is 16.5 Å². The predicted molar refractivity (Wildman–Crippen MR) is 73.8 cm³/mol. The zero-order chi connectivity index (χ0) is 13.0. The average Bonchev–Trinajstić information content (AvgIpc) is 2.41. The number of nitrogens with two attached hydrogens (primary N) is 1. The summed E-state index contributed by atoms with van der Waals surface area (Å²) >= 11 is 0. The van der Waals surface area contributed by atoms with Crippen molar-refractivity contribution < 1.29 is 0 Å². The molecule has 2 N–H and O–H groups in total. The molecule has 0 bridgehead atoms. The lowest BCUT2D eigenvalue weighted by Crippen LogP contribution is -2.20. The van der Waals surface area contributed by atoms with Crippen molar-refractivity contribution in [2.75, 3.05) is 11.4 Å². The molecule has 1 aromatic carbocycles.